The average molecular weight is 225 g/mol. The number of carbonyl (C=O) groups is 1. The van der Waals surface area contributed by atoms with Crippen LogP contribution < -0.4 is 11.5 Å². The minimum atomic E-state index is -0.755. The molecule has 0 aliphatic rings. The van der Waals surface area contributed by atoms with Gasteiger partial charge in [-0.15, -0.1) is 0 Å². The summed E-state index contributed by atoms with van der Waals surface area (Å²) in [4.78, 5) is 15.1. The van der Waals surface area contributed by atoms with Gasteiger partial charge in [-0.2, -0.15) is 5.10 Å². The van der Waals surface area contributed by atoms with E-state index in [0.717, 1.165) is 5.82 Å². The molecule has 0 aromatic carbocycles. The molecule has 1 rings (SSSR count). The molecule has 16 heavy (non-hydrogen) atoms. The number of aromatic nitrogens is 3. The highest BCUT2D eigenvalue weighted by Crippen LogP contribution is 2.18. The van der Waals surface area contributed by atoms with E-state index in [4.69, 9.17) is 11.5 Å². The van der Waals surface area contributed by atoms with E-state index in [0.29, 0.717) is 0 Å². The van der Waals surface area contributed by atoms with Crippen molar-refractivity contribution in [2.75, 3.05) is 0 Å². The van der Waals surface area contributed by atoms with E-state index in [1.54, 1.807) is 17.9 Å². The van der Waals surface area contributed by atoms with Crippen LogP contribution in [0.2, 0.25) is 0 Å². The fourth-order valence-electron chi connectivity index (χ4n) is 1.22. The zero-order chi connectivity index (χ0) is 12.5. The third kappa shape index (κ3) is 2.57. The van der Waals surface area contributed by atoms with Crippen molar-refractivity contribution < 1.29 is 4.79 Å². The van der Waals surface area contributed by atoms with Crippen molar-refractivity contribution in [1.29, 1.82) is 0 Å². The molecule has 0 fully saturated rings. The summed E-state index contributed by atoms with van der Waals surface area (Å²) < 4.78 is 1.58. The molecule has 2 unspecified atom stereocenters. The van der Waals surface area contributed by atoms with Gasteiger partial charge in [-0.05, 0) is 6.92 Å². The number of primary amides is 1. The first kappa shape index (κ1) is 12.6. The van der Waals surface area contributed by atoms with Crippen molar-refractivity contribution in [1.82, 2.24) is 14.8 Å². The first-order chi connectivity index (χ1) is 7.23. The Balaban J connectivity index is 2.90. The lowest BCUT2D eigenvalue weighted by atomic mass is 9.96. The van der Waals surface area contributed by atoms with E-state index in [9.17, 15) is 4.79 Å². The van der Waals surface area contributed by atoms with Crippen LogP contribution in [-0.4, -0.2) is 26.7 Å². The van der Waals surface area contributed by atoms with Crippen LogP contribution >= 0.6 is 0 Å². The molecule has 90 valence electrons. The van der Waals surface area contributed by atoms with E-state index < -0.39 is 11.9 Å². The number of nitrogens with zero attached hydrogens (tertiary/aromatic N) is 3. The summed E-state index contributed by atoms with van der Waals surface area (Å²) in [5, 5.41) is 4.30. The predicted molar refractivity (Wildman–Crippen MR) is 60.6 cm³/mol. The third-order valence-corrected chi connectivity index (χ3v) is 2.44. The molecular weight excluding hydrogens is 206 g/mol. The maximum atomic E-state index is 11.0. The standard InChI is InChI=1S/C10H19N5O/c1-6(7(11)8(12)16)15-5-13-9(14-15)10(2,3)4/h5-7H,11H2,1-4H3,(H2,12,16). The molecule has 1 aromatic rings. The molecule has 0 spiro atoms. The molecular formula is C10H19N5O. The highest BCUT2D eigenvalue weighted by molar-refractivity contribution is 5.80. The molecule has 1 heterocycles. The van der Waals surface area contributed by atoms with Gasteiger partial charge >= 0.3 is 0 Å². The number of amides is 1. The number of nitrogens with two attached hydrogens (primary N) is 2. The summed E-state index contributed by atoms with van der Waals surface area (Å²) in [6.45, 7) is 7.85. The van der Waals surface area contributed by atoms with Gasteiger partial charge in [0.2, 0.25) is 5.91 Å². The molecule has 0 aliphatic carbocycles. The second kappa shape index (κ2) is 4.21. The molecule has 4 N–H and O–H groups in total. The van der Waals surface area contributed by atoms with Crippen molar-refractivity contribution in [3.8, 4) is 0 Å². The van der Waals surface area contributed by atoms with Gasteiger partial charge in [0.1, 0.15) is 12.4 Å². The summed E-state index contributed by atoms with van der Waals surface area (Å²) in [6, 6.07) is -1.05. The van der Waals surface area contributed by atoms with E-state index in [2.05, 4.69) is 10.1 Å². The van der Waals surface area contributed by atoms with Crippen LogP contribution in [0, 0.1) is 0 Å². The van der Waals surface area contributed by atoms with E-state index >= 15 is 0 Å². The lowest BCUT2D eigenvalue weighted by molar-refractivity contribution is -0.120. The lowest BCUT2D eigenvalue weighted by Crippen LogP contribution is -2.42. The summed E-state index contributed by atoms with van der Waals surface area (Å²) >= 11 is 0. The van der Waals surface area contributed by atoms with Crippen LogP contribution in [0.25, 0.3) is 0 Å². The topological polar surface area (TPSA) is 99.8 Å². The molecule has 0 saturated heterocycles. The van der Waals surface area contributed by atoms with Crippen LogP contribution in [-0.2, 0) is 10.2 Å². The second-order valence-electron chi connectivity index (χ2n) is 4.97. The summed E-state index contributed by atoms with van der Waals surface area (Å²) in [6.07, 6.45) is 1.58. The number of rotatable bonds is 3. The molecule has 6 heteroatoms. The monoisotopic (exact) mass is 225 g/mol. The molecule has 1 aromatic heterocycles. The first-order valence-electron chi connectivity index (χ1n) is 5.20. The molecule has 0 aliphatic heterocycles. The smallest absolute Gasteiger partial charge is 0.236 e. The van der Waals surface area contributed by atoms with E-state index in [1.807, 2.05) is 20.8 Å². The highest BCUT2D eigenvalue weighted by atomic mass is 16.1. The van der Waals surface area contributed by atoms with Crippen LogP contribution in [0.15, 0.2) is 6.33 Å². The van der Waals surface area contributed by atoms with E-state index in [-0.39, 0.29) is 11.5 Å². The van der Waals surface area contributed by atoms with Gasteiger partial charge in [0.15, 0.2) is 5.82 Å². The fraction of sp³-hybridized carbons (Fsp3) is 0.700. The number of carbonyl (C=O) groups excluding carboxylic acids is 1. The van der Waals surface area contributed by atoms with Gasteiger partial charge in [-0.1, -0.05) is 20.8 Å². The molecule has 1 amide bonds. The Labute approximate surface area is 95.0 Å². The number of hydrogen-bond acceptors (Lipinski definition) is 4. The van der Waals surface area contributed by atoms with Crippen molar-refractivity contribution in [2.24, 2.45) is 11.5 Å². The zero-order valence-electron chi connectivity index (χ0n) is 10.1. The van der Waals surface area contributed by atoms with Crippen molar-refractivity contribution in [3.63, 3.8) is 0 Å². The maximum absolute atomic E-state index is 11.0. The molecule has 2 atom stereocenters. The van der Waals surface area contributed by atoms with Crippen LogP contribution in [0.1, 0.15) is 39.6 Å². The highest BCUT2D eigenvalue weighted by Gasteiger charge is 2.24. The molecule has 6 nitrogen and oxygen atoms in total. The fourth-order valence-corrected chi connectivity index (χ4v) is 1.22. The minimum Gasteiger partial charge on any atom is -0.368 e. The Morgan fingerprint density at radius 2 is 2.06 bits per heavy atom. The average Bonchev–Trinajstić information content (AvgIpc) is 2.63. The Kier molecular flexibility index (Phi) is 3.32. The van der Waals surface area contributed by atoms with Crippen molar-refractivity contribution >= 4 is 5.91 Å². The van der Waals surface area contributed by atoms with Crippen molar-refractivity contribution in [2.45, 2.75) is 45.2 Å². The Hall–Kier alpha value is -1.43. The zero-order valence-corrected chi connectivity index (χ0v) is 10.1. The summed E-state index contributed by atoms with van der Waals surface area (Å²) in [7, 11) is 0. The molecule has 0 bridgehead atoms. The molecule has 0 saturated carbocycles. The van der Waals surface area contributed by atoms with Crippen LogP contribution in [0.5, 0.6) is 0 Å². The second-order valence-corrected chi connectivity index (χ2v) is 4.97. The normalized spacial score (nSPS) is 15.8. The van der Waals surface area contributed by atoms with Crippen molar-refractivity contribution in [3.05, 3.63) is 12.2 Å². The van der Waals surface area contributed by atoms with Gasteiger partial charge in [-0.25, -0.2) is 9.67 Å². The Morgan fingerprint density at radius 1 is 1.50 bits per heavy atom. The summed E-state index contributed by atoms with van der Waals surface area (Å²) in [5.74, 6) is 0.177. The first-order valence-corrected chi connectivity index (χ1v) is 5.20. The Bertz CT molecular complexity index is 379. The van der Waals surface area contributed by atoms with Crippen LogP contribution in [0.4, 0.5) is 0 Å². The van der Waals surface area contributed by atoms with Gasteiger partial charge in [0, 0.05) is 5.41 Å². The molecule has 0 radical (unpaired) electrons. The van der Waals surface area contributed by atoms with Gasteiger partial charge in [0.25, 0.3) is 0 Å². The maximum Gasteiger partial charge on any atom is 0.236 e. The SMILES string of the molecule is CC(C(N)C(N)=O)n1cnc(C(C)(C)C)n1. The Morgan fingerprint density at radius 3 is 2.44 bits per heavy atom. The van der Waals surface area contributed by atoms with Gasteiger partial charge in [0.05, 0.1) is 6.04 Å². The lowest BCUT2D eigenvalue weighted by Gasteiger charge is -2.17. The number of hydrogen-bond donors (Lipinski definition) is 2. The quantitative estimate of drug-likeness (QED) is 0.753. The minimum absolute atomic E-state index is 0.123. The largest absolute Gasteiger partial charge is 0.368 e. The summed E-state index contributed by atoms with van der Waals surface area (Å²) in [5.41, 5.74) is 10.7. The predicted octanol–water partition coefficient (Wildman–Crippen LogP) is -0.0508. The van der Waals surface area contributed by atoms with E-state index in [1.165, 1.54) is 0 Å². The van der Waals surface area contributed by atoms with Gasteiger partial charge in [-0.3, -0.25) is 4.79 Å². The third-order valence-electron chi connectivity index (χ3n) is 2.44. The van der Waals surface area contributed by atoms with Crippen LogP contribution in [0.3, 0.4) is 0 Å². The van der Waals surface area contributed by atoms with Gasteiger partial charge < -0.3 is 11.5 Å².